The van der Waals surface area contributed by atoms with E-state index in [1.54, 1.807) is 6.07 Å². The lowest BCUT2D eigenvalue weighted by Crippen LogP contribution is -2.00. The number of aliphatic imine (C=N–C) groups is 1. The lowest BCUT2D eigenvalue weighted by Gasteiger charge is -2.19. The molecular weight excluding hydrogens is 508 g/mol. The first-order chi connectivity index (χ1) is 18.0. The first-order valence-corrected chi connectivity index (χ1v) is 15.1. The summed E-state index contributed by atoms with van der Waals surface area (Å²) in [5, 5.41) is 0. The highest BCUT2D eigenvalue weighted by Gasteiger charge is 2.15. The average molecular weight is 570 g/mol. The molecule has 0 amide bonds. The second-order valence-corrected chi connectivity index (χ2v) is 9.28. The fourth-order valence-electron chi connectivity index (χ4n) is 4.07. The number of rotatable bonds is 11. The van der Waals surface area contributed by atoms with E-state index in [2.05, 4.69) is 46.5 Å². The van der Waals surface area contributed by atoms with E-state index >= 15 is 0 Å². The molecule has 0 atom stereocenters. The van der Waals surface area contributed by atoms with Gasteiger partial charge < -0.3 is 0 Å². The number of nitrogens with zero attached hydrogens (tertiary/aromatic N) is 1. The van der Waals surface area contributed by atoms with Crippen LogP contribution in [0, 0.1) is 11.6 Å². The van der Waals surface area contributed by atoms with Crippen LogP contribution in [0.2, 0.25) is 0 Å². The summed E-state index contributed by atoms with van der Waals surface area (Å²) < 4.78 is 27.1. The highest BCUT2D eigenvalue weighted by Crippen LogP contribution is 2.34. The van der Waals surface area contributed by atoms with E-state index < -0.39 is 11.6 Å². The van der Waals surface area contributed by atoms with E-state index in [1.165, 1.54) is 56.2 Å². The number of allylic oxidation sites excluding steroid dienone is 6. The van der Waals surface area contributed by atoms with E-state index in [4.69, 9.17) is 0 Å². The largest absolute Gasteiger partial charge is 0.263 e. The van der Waals surface area contributed by atoms with Gasteiger partial charge in [-0.1, -0.05) is 106 Å². The van der Waals surface area contributed by atoms with Crippen molar-refractivity contribution in [2.45, 2.75) is 148 Å². The molecule has 0 unspecified atom stereocenters. The van der Waals surface area contributed by atoms with Crippen molar-refractivity contribution in [1.29, 1.82) is 0 Å². The van der Waals surface area contributed by atoms with Gasteiger partial charge in [-0.3, -0.25) is 4.99 Å². The van der Waals surface area contributed by atoms with Gasteiger partial charge in [0, 0.05) is 11.4 Å². The fraction of sp³-hybridized carbons (Fsp3) is 0.629. The summed E-state index contributed by atoms with van der Waals surface area (Å²) in [6.07, 6.45) is 10.1. The standard InChI is InChI=1S/C23H31F2N.C8H18.2C2H6.ClH/c1-9-15(5)23(16(6)18(8)26-14(3)4)17(7)20(10-2)19-11-12-21(24)22(25)13-19;1-3-5-7-8-6-4-2;2*1-2;/h11-13H,9-10H2,1-8H3;3-8H2,1-2H3;2*1-2H3;1H/b18-16-,20-17+,23-15-;;;;. The van der Waals surface area contributed by atoms with Crippen LogP contribution >= 0.6 is 12.4 Å². The molecule has 1 aromatic carbocycles. The van der Waals surface area contributed by atoms with E-state index in [0.717, 1.165) is 52.1 Å². The maximum atomic E-state index is 13.8. The molecule has 0 heterocycles. The van der Waals surface area contributed by atoms with E-state index in [1.807, 2.05) is 55.4 Å². The smallest absolute Gasteiger partial charge is 0.159 e. The SMILES string of the molecule is CC.CC.CC/C(C)=C(C(/C)=C(/C)N=C(C)C)\C(C)=C(/CC)c1ccc(F)c(F)c1.CCCCCCCC.Cl. The number of benzene rings is 1. The van der Waals surface area contributed by atoms with Gasteiger partial charge in [0.05, 0.1) is 0 Å². The zero-order valence-electron chi connectivity index (χ0n) is 28.0. The Balaban J connectivity index is -0.000000399. The van der Waals surface area contributed by atoms with E-state index in [-0.39, 0.29) is 12.4 Å². The zero-order valence-corrected chi connectivity index (χ0v) is 28.8. The molecule has 0 aliphatic rings. The van der Waals surface area contributed by atoms with E-state index in [0.29, 0.717) is 0 Å². The third kappa shape index (κ3) is 18.3. The van der Waals surface area contributed by atoms with Gasteiger partial charge in [-0.15, -0.1) is 12.4 Å². The summed E-state index contributed by atoms with van der Waals surface area (Å²) in [7, 11) is 0. The molecule has 0 aromatic heterocycles. The quantitative estimate of drug-likeness (QED) is 0.143. The Bertz CT molecular complexity index is 882. The predicted octanol–water partition coefficient (Wildman–Crippen LogP) is 13.5. The molecule has 0 N–H and O–H groups in total. The number of unbranched alkanes of at least 4 members (excludes halogenated alkanes) is 5. The molecule has 0 radical (unpaired) electrons. The average Bonchev–Trinajstić information content (AvgIpc) is 2.91. The van der Waals surface area contributed by atoms with Gasteiger partial charge in [-0.25, -0.2) is 8.78 Å². The summed E-state index contributed by atoms with van der Waals surface area (Å²) in [5.41, 5.74) is 8.38. The molecule has 0 aliphatic heterocycles. The normalized spacial score (nSPS) is 11.9. The highest BCUT2D eigenvalue weighted by molar-refractivity contribution is 5.85. The van der Waals surface area contributed by atoms with Gasteiger partial charge in [-0.05, 0) is 94.4 Å². The molecule has 0 aliphatic carbocycles. The number of halogens is 3. The summed E-state index contributed by atoms with van der Waals surface area (Å²) >= 11 is 0. The minimum atomic E-state index is -0.818. The maximum Gasteiger partial charge on any atom is 0.159 e. The van der Waals surface area contributed by atoms with Crippen molar-refractivity contribution in [1.82, 2.24) is 0 Å². The molecule has 0 bridgehead atoms. The lowest BCUT2D eigenvalue weighted by molar-refractivity contribution is 0.508. The zero-order chi connectivity index (χ0) is 30.3. The lowest BCUT2D eigenvalue weighted by atomic mass is 9.86. The molecule has 0 saturated heterocycles. The molecule has 1 rings (SSSR count). The van der Waals surface area contributed by atoms with Gasteiger partial charge in [0.15, 0.2) is 11.6 Å². The maximum absolute atomic E-state index is 13.8. The Morgan fingerprint density at radius 2 is 1.15 bits per heavy atom. The van der Waals surface area contributed by atoms with Crippen molar-refractivity contribution < 1.29 is 8.78 Å². The molecule has 0 spiro atoms. The van der Waals surface area contributed by atoms with Crippen molar-refractivity contribution in [3.05, 3.63) is 63.4 Å². The molecule has 1 nitrogen and oxygen atoms in total. The third-order valence-corrected chi connectivity index (χ3v) is 6.17. The van der Waals surface area contributed by atoms with Gasteiger partial charge in [-0.2, -0.15) is 0 Å². The number of hydrogen-bond acceptors (Lipinski definition) is 1. The molecule has 1 aromatic rings. The topological polar surface area (TPSA) is 12.4 Å². The Labute approximate surface area is 248 Å². The summed E-state index contributed by atoms with van der Waals surface area (Å²) in [6, 6.07) is 4.14. The van der Waals surface area contributed by atoms with Crippen LogP contribution in [-0.4, -0.2) is 5.71 Å². The van der Waals surface area contributed by atoms with Crippen molar-refractivity contribution in [2.75, 3.05) is 0 Å². The number of hydrogen-bond donors (Lipinski definition) is 0. The molecule has 0 saturated carbocycles. The van der Waals surface area contributed by atoms with Crippen LogP contribution in [0.25, 0.3) is 5.57 Å². The Hall–Kier alpha value is -1.74. The molecule has 0 fully saturated rings. The monoisotopic (exact) mass is 569 g/mol. The minimum Gasteiger partial charge on any atom is -0.263 e. The van der Waals surface area contributed by atoms with Crippen LogP contribution in [0.3, 0.4) is 0 Å². The van der Waals surface area contributed by atoms with Crippen molar-refractivity contribution in [3.63, 3.8) is 0 Å². The summed E-state index contributed by atoms with van der Waals surface area (Å²) in [6.45, 7) is 28.9. The molecule has 228 valence electrons. The second-order valence-electron chi connectivity index (χ2n) is 9.28. The van der Waals surface area contributed by atoms with Crippen molar-refractivity contribution in [2.24, 2.45) is 4.99 Å². The van der Waals surface area contributed by atoms with Gasteiger partial charge in [0.25, 0.3) is 0 Å². The Kier molecular flexibility index (Phi) is 31.6. The van der Waals surface area contributed by atoms with Crippen LogP contribution < -0.4 is 0 Å². The van der Waals surface area contributed by atoms with Crippen LogP contribution in [-0.2, 0) is 0 Å². The second kappa shape index (κ2) is 27.8. The first kappa shape index (κ1) is 44.3. The minimum absolute atomic E-state index is 0. The van der Waals surface area contributed by atoms with Gasteiger partial charge in [0.2, 0.25) is 0 Å². The van der Waals surface area contributed by atoms with Crippen LogP contribution in [0.4, 0.5) is 8.78 Å². The van der Waals surface area contributed by atoms with Gasteiger partial charge >= 0.3 is 0 Å². The first-order valence-electron chi connectivity index (χ1n) is 15.1. The van der Waals surface area contributed by atoms with Crippen molar-refractivity contribution >= 4 is 23.7 Å². The highest BCUT2D eigenvalue weighted by atomic mass is 35.5. The molecule has 4 heteroatoms. The molecular formula is C35H62ClF2N. The summed E-state index contributed by atoms with van der Waals surface area (Å²) in [5.74, 6) is -1.63. The Morgan fingerprint density at radius 3 is 1.51 bits per heavy atom. The fourth-order valence-corrected chi connectivity index (χ4v) is 4.07. The van der Waals surface area contributed by atoms with Crippen LogP contribution in [0.5, 0.6) is 0 Å². The molecule has 39 heavy (non-hydrogen) atoms. The van der Waals surface area contributed by atoms with E-state index in [9.17, 15) is 8.78 Å². The van der Waals surface area contributed by atoms with Crippen molar-refractivity contribution in [3.8, 4) is 0 Å². The van der Waals surface area contributed by atoms with Gasteiger partial charge in [0.1, 0.15) is 0 Å². The van der Waals surface area contributed by atoms with Crippen LogP contribution in [0.15, 0.2) is 51.2 Å². The third-order valence-electron chi connectivity index (χ3n) is 6.17. The Morgan fingerprint density at radius 1 is 0.667 bits per heavy atom. The summed E-state index contributed by atoms with van der Waals surface area (Å²) in [4.78, 5) is 4.61. The van der Waals surface area contributed by atoms with Crippen LogP contribution in [0.1, 0.15) is 154 Å². The predicted molar refractivity (Wildman–Crippen MR) is 178 cm³/mol.